The quantitative estimate of drug-likeness (QED) is 0.489. The van der Waals surface area contributed by atoms with Gasteiger partial charge in [0.15, 0.2) is 0 Å². The Labute approximate surface area is 117 Å². The molecular weight excluding hydrogens is 260 g/mol. The van der Waals surface area contributed by atoms with Gasteiger partial charge in [-0.15, -0.1) is 0 Å². The summed E-state index contributed by atoms with van der Waals surface area (Å²) in [5, 5.41) is 20.1. The van der Waals surface area contributed by atoms with E-state index in [1.54, 1.807) is 12.1 Å². The van der Waals surface area contributed by atoms with Gasteiger partial charge >= 0.3 is 0 Å². The predicted molar refractivity (Wildman–Crippen MR) is 75.2 cm³/mol. The van der Waals surface area contributed by atoms with Gasteiger partial charge in [0.05, 0.1) is 4.92 Å². The van der Waals surface area contributed by atoms with E-state index < -0.39 is 4.92 Å². The van der Waals surface area contributed by atoms with Crippen LogP contribution in [0, 0.1) is 10.1 Å². The summed E-state index contributed by atoms with van der Waals surface area (Å²) in [6, 6.07) is 4.81. The fraction of sp³-hybridized carbons (Fsp3) is 0.500. The fourth-order valence-corrected chi connectivity index (χ4v) is 2.78. The van der Waals surface area contributed by atoms with E-state index in [4.69, 9.17) is 5.11 Å². The second kappa shape index (κ2) is 6.47. The normalized spacial score (nSPS) is 18.2. The molecule has 1 fully saturated rings. The lowest BCUT2D eigenvalue weighted by molar-refractivity contribution is -0.384. The van der Waals surface area contributed by atoms with Crippen LogP contribution in [0.1, 0.15) is 36.0 Å². The molecule has 108 valence electrons. The van der Waals surface area contributed by atoms with Crippen molar-refractivity contribution in [2.24, 2.45) is 0 Å². The number of carbonyl (C=O) groups is 1. The molecule has 0 aromatic heterocycles. The number of benzene rings is 1. The minimum Gasteiger partial charge on any atom is -0.396 e. The SMILES string of the molecule is O=Cc1ccc(N2CCCC2CCCO)c([N+](=O)[O-])c1. The first-order chi connectivity index (χ1) is 9.67. The van der Waals surface area contributed by atoms with Crippen LogP contribution in [0.4, 0.5) is 11.4 Å². The average Bonchev–Trinajstić information content (AvgIpc) is 2.92. The van der Waals surface area contributed by atoms with Crippen LogP contribution in [-0.4, -0.2) is 35.5 Å². The molecule has 2 rings (SSSR count). The van der Waals surface area contributed by atoms with Crippen LogP contribution in [0.15, 0.2) is 18.2 Å². The summed E-state index contributed by atoms with van der Waals surface area (Å²) in [7, 11) is 0. The smallest absolute Gasteiger partial charge is 0.293 e. The van der Waals surface area contributed by atoms with Gasteiger partial charge in [0.1, 0.15) is 12.0 Å². The third-order valence-electron chi connectivity index (χ3n) is 3.71. The maximum absolute atomic E-state index is 11.2. The highest BCUT2D eigenvalue weighted by molar-refractivity contribution is 5.79. The van der Waals surface area contributed by atoms with Crippen LogP contribution in [0.3, 0.4) is 0 Å². The van der Waals surface area contributed by atoms with Crippen molar-refractivity contribution in [3.63, 3.8) is 0 Å². The number of anilines is 1. The Morgan fingerprint density at radius 3 is 2.95 bits per heavy atom. The molecule has 6 heteroatoms. The van der Waals surface area contributed by atoms with E-state index in [2.05, 4.69) is 0 Å². The maximum atomic E-state index is 11.2. The zero-order valence-corrected chi connectivity index (χ0v) is 11.2. The van der Waals surface area contributed by atoms with Crippen molar-refractivity contribution in [3.05, 3.63) is 33.9 Å². The number of aliphatic hydroxyl groups is 1. The molecule has 1 N–H and O–H groups in total. The summed E-state index contributed by atoms with van der Waals surface area (Å²) < 4.78 is 0. The Hall–Kier alpha value is -1.95. The lowest BCUT2D eigenvalue weighted by atomic mass is 10.1. The topological polar surface area (TPSA) is 83.7 Å². The first kappa shape index (κ1) is 14.5. The third-order valence-corrected chi connectivity index (χ3v) is 3.71. The summed E-state index contributed by atoms with van der Waals surface area (Å²) in [6.07, 6.45) is 4.10. The molecule has 1 saturated heterocycles. The van der Waals surface area contributed by atoms with Crippen molar-refractivity contribution in [1.29, 1.82) is 0 Å². The summed E-state index contributed by atoms with van der Waals surface area (Å²) >= 11 is 0. The summed E-state index contributed by atoms with van der Waals surface area (Å²) in [6.45, 7) is 0.911. The number of nitrogens with zero attached hydrogens (tertiary/aromatic N) is 2. The average molecular weight is 278 g/mol. The molecule has 0 aliphatic carbocycles. The van der Waals surface area contributed by atoms with Crippen molar-refractivity contribution in [1.82, 2.24) is 0 Å². The second-order valence-electron chi connectivity index (χ2n) is 4.98. The fourth-order valence-electron chi connectivity index (χ4n) is 2.78. The number of aliphatic hydroxyl groups excluding tert-OH is 1. The maximum Gasteiger partial charge on any atom is 0.293 e. The lowest BCUT2D eigenvalue weighted by Crippen LogP contribution is -2.30. The van der Waals surface area contributed by atoms with Crippen LogP contribution in [-0.2, 0) is 0 Å². The Morgan fingerprint density at radius 2 is 2.30 bits per heavy atom. The number of nitro groups is 1. The Balaban J connectivity index is 2.30. The zero-order valence-electron chi connectivity index (χ0n) is 11.2. The molecule has 1 aromatic carbocycles. The molecule has 1 aromatic rings. The van der Waals surface area contributed by atoms with Crippen molar-refractivity contribution >= 4 is 17.7 Å². The zero-order chi connectivity index (χ0) is 14.5. The Kier molecular flexibility index (Phi) is 4.68. The predicted octanol–water partition coefficient (Wildman–Crippen LogP) is 2.15. The highest BCUT2D eigenvalue weighted by Gasteiger charge is 2.29. The number of hydrogen-bond donors (Lipinski definition) is 1. The molecule has 0 spiro atoms. The van der Waals surface area contributed by atoms with Crippen LogP contribution < -0.4 is 4.90 Å². The van der Waals surface area contributed by atoms with Crippen molar-refractivity contribution < 1.29 is 14.8 Å². The van der Waals surface area contributed by atoms with Crippen LogP contribution in [0.5, 0.6) is 0 Å². The summed E-state index contributed by atoms with van der Waals surface area (Å²) in [5.74, 6) is 0. The van der Waals surface area contributed by atoms with Gasteiger partial charge in [-0.2, -0.15) is 0 Å². The van der Waals surface area contributed by atoms with E-state index >= 15 is 0 Å². The van der Waals surface area contributed by atoms with Gasteiger partial charge in [0, 0.05) is 30.8 Å². The van der Waals surface area contributed by atoms with E-state index in [9.17, 15) is 14.9 Å². The second-order valence-corrected chi connectivity index (χ2v) is 4.98. The molecule has 0 saturated carbocycles. The standard InChI is InChI=1S/C14H18N2O4/c17-8-2-4-12-3-1-7-15(12)13-6-5-11(10-18)9-14(13)16(19)20/h5-6,9-10,12,17H,1-4,7-8H2. The molecule has 0 radical (unpaired) electrons. The Morgan fingerprint density at radius 1 is 1.50 bits per heavy atom. The number of carbonyl (C=O) groups excluding carboxylic acids is 1. The van der Waals surface area contributed by atoms with Gasteiger partial charge in [-0.3, -0.25) is 14.9 Å². The minimum atomic E-state index is -0.441. The van der Waals surface area contributed by atoms with E-state index in [1.807, 2.05) is 4.90 Å². The van der Waals surface area contributed by atoms with Crippen LogP contribution in [0.2, 0.25) is 0 Å². The van der Waals surface area contributed by atoms with Crippen molar-refractivity contribution in [2.45, 2.75) is 31.7 Å². The van der Waals surface area contributed by atoms with Gasteiger partial charge in [-0.1, -0.05) is 0 Å². The molecule has 6 nitrogen and oxygen atoms in total. The van der Waals surface area contributed by atoms with Gasteiger partial charge in [0.2, 0.25) is 0 Å². The molecule has 20 heavy (non-hydrogen) atoms. The van der Waals surface area contributed by atoms with Gasteiger partial charge in [0.25, 0.3) is 5.69 Å². The minimum absolute atomic E-state index is 0.0227. The molecule has 1 heterocycles. The van der Waals surface area contributed by atoms with Gasteiger partial charge < -0.3 is 10.0 Å². The molecule has 1 aliphatic heterocycles. The first-order valence-electron chi connectivity index (χ1n) is 6.78. The highest BCUT2D eigenvalue weighted by atomic mass is 16.6. The first-order valence-corrected chi connectivity index (χ1v) is 6.78. The summed E-state index contributed by atoms with van der Waals surface area (Å²) in [5.41, 5.74) is 0.859. The number of hydrogen-bond acceptors (Lipinski definition) is 5. The third kappa shape index (κ3) is 2.96. The number of aldehydes is 1. The molecule has 1 atom stereocenters. The lowest BCUT2D eigenvalue weighted by Gasteiger charge is -2.26. The van der Waals surface area contributed by atoms with E-state index in [-0.39, 0.29) is 18.3 Å². The van der Waals surface area contributed by atoms with Gasteiger partial charge in [-0.05, 0) is 37.8 Å². The molecule has 1 unspecified atom stereocenters. The van der Waals surface area contributed by atoms with Gasteiger partial charge in [-0.25, -0.2) is 0 Å². The number of rotatable bonds is 6. The molecule has 0 bridgehead atoms. The van der Waals surface area contributed by atoms with Crippen molar-refractivity contribution in [2.75, 3.05) is 18.1 Å². The largest absolute Gasteiger partial charge is 0.396 e. The van der Waals surface area contributed by atoms with Crippen molar-refractivity contribution in [3.8, 4) is 0 Å². The van der Waals surface area contributed by atoms with E-state index in [0.29, 0.717) is 24.0 Å². The molecule has 1 aliphatic rings. The Bertz CT molecular complexity index is 504. The van der Waals surface area contributed by atoms with Crippen LogP contribution >= 0.6 is 0 Å². The highest BCUT2D eigenvalue weighted by Crippen LogP contribution is 2.35. The molecule has 0 amide bonds. The number of nitro benzene ring substituents is 1. The van der Waals surface area contributed by atoms with Crippen LogP contribution in [0.25, 0.3) is 0 Å². The van der Waals surface area contributed by atoms with E-state index in [0.717, 1.165) is 25.8 Å². The monoisotopic (exact) mass is 278 g/mol. The molecular formula is C14H18N2O4. The summed E-state index contributed by atoms with van der Waals surface area (Å²) in [4.78, 5) is 23.5. The van der Waals surface area contributed by atoms with E-state index in [1.165, 1.54) is 6.07 Å².